The highest BCUT2D eigenvalue weighted by Crippen LogP contribution is 2.08. The van der Waals surface area contributed by atoms with E-state index in [0.717, 1.165) is 0 Å². The van der Waals surface area contributed by atoms with Crippen LogP contribution in [-0.4, -0.2) is 53.0 Å². The van der Waals surface area contributed by atoms with Crippen molar-refractivity contribution in [2.75, 3.05) is 19.7 Å². The lowest BCUT2D eigenvalue weighted by molar-refractivity contribution is 0.0985. The fourth-order valence-electron chi connectivity index (χ4n) is 1.55. The molecule has 0 aromatic heterocycles. The number of carbonyl (C=O) groups is 1. The summed E-state index contributed by atoms with van der Waals surface area (Å²) < 4.78 is 0. The molecule has 1 aliphatic heterocycles. The van der Waals surface area contributed by atoms with E-state index < -0.39 is 6.09 Å². The van der Waals surface area contributed by atoms with E-state index in [1.807, 2.05) is 6.92 Å². The van der Waals surface area contributed by atoms with Crippen LogP contribution in [0.1, 0.15) is 13.3 Å². The minimum absolute atomic E-state index is 0.0208. The summed E-state index contributed by atoms with van der Waals surface area (Å²) >= 11 is 0. The Morgan fingerprint density at radius 3 is 2.92 bits per heavy atom. The molecule has 0 aromatic rings. The van der Waals surface area contributed by atoms with Gasteiger partial charge in [0.05, 0.1) is 0 Å². The zero-order valence-corrected chi connectivity index (χ0v) is 7.73. The van der Waals surface area contributed by atoms with Gasteiger partial charge in [-0.25, -0.2) is 4.79 Å². The second-order valence-corrected chi connectivity index (χ2v) is 3.40. The fourth-order valence-corrected chi connectivity index (χ4v) is 1.55. The van der Waals surface area contributed by atoms with Gasteiger partial charge in [-0.2, -0.15) is 0 Å². The molecule has 3 N–H and O–H groups in total. The molecule has 1 fully saturated rings. The summed E-state index contributed by atoms with van der Waals surface area (Å²) in [5.74, 6) is 0. The van der Waals surface area contributed by atoms with E-state index in [-0.39, 0.29) is 18.7 Å². The van der Waals surface area contributed by atoms with E-state index in [2.05, 4.69) is 5.32 Å². The van der Waals surface area contributed by atoms with Crippen LogP contribution in [0.15, 0.2) is 0 Å². The van der Waals surface area contributed by atoms with Crippen molar-refractivity contribution in [3.8, 4) is 0 Å². The van der Waals surface area contributed by atoms with Crippen molar-refractivity contribution < 1.29 is 15.0 Å². The second-order valence-electron chi connectivity index (χ2n) is 3.40. The molecule has 0 bridgehead atoms. The predicted molar refractivity (Wildman–Crippen MR) is 47.7 cm³/mol. The molecule has 1 rings (SSSR count). The molecule has 0 spiro atoms. The van der Waals surface area contributed by atoms with Crippen molar-refractivity contribution in [2.24, 2.45) is 0 Å². The average molecular weight is 188 g/mol. The minimum atomic E-state index is -0.878. The van der Waals surface area contributed by atoms with Gasteiger partial charge < -0.3 is 20.4 Å². The summed E-state index contributed by atoms with van der Waals surface area (Å²) in [6, 6.07) is 0.116. The predicted octanol–water partition coefficient (Wildman–Crippen LogP) is -0.291. The van der Waals surface area contributed by atoms with Gasteiger partial charge >= 0.3 is 6.09 Å². The van der Waals surface area contributed by atoms with Gasteiger partial charge in [0.25, 0.3) is 0 Å². The summed E-state index contributed by atoms with van der Waals surface area (Å²) in [6.07, 6.45) is -0.270. The van der Waals surface area contributed by atoms with Crippen LogP contribution >= 0.6 is 0 Å². The van der Waals surface area contributed by atoms with Crippen LogP contribution in [-0.2, 0) is 0 Å². The van der Waals surface area contributed by atoms with E-state index in [4.69, 9.17) is 10.2 Å². The van der Waals surface area contributed by atoms with Gasteiger partial charge in [-0.3, -0.25) is 0 Å². The third-order valence-electron chi connectivity index (χ3n) is 2.37. The highest BCUT2D eigenvalue weighted by Gasteiger charge is 2.27. The van der Waals surface area contributed by atoms with Crippen molar-refractivity contribution >= 4 is 6.09 Å². The van der Waals surface area contributed by atoms with E-state index in [1.54, 1.807) is 0 Å². The summed E-state index contributed by atoms with van der Waals surface area (Å²) in [4.78, 5) is 12.2. The van der Waals surface area contributed by atoms with Crippen LogP contribution in [0.3, 0.4) is 0 Å². The smallest absolute Gasteiger partial charge is 0.407 e. The van der Waals surface area contributed by atoms with Crippen LogP contribution in [0, 0.1) is 0 Å². The normalized spacial score (nSPS) is 28.9. The quantitative estimate of drug-likeness (QED) is 0.556. The maximum absolute atomic E-state index is 10.8. The summed E-state index contributed by atoms with van der Waals surface area (Å²) in [7, 11) is 0. The lowest BCUT2D eigenvalue weighted by Crippen LogP contribution is -2.57. The zero-order valence-electron chi connectivity index (χ0n) is 7.73. The standard InChI is InChI=1S/C8H16N2O3/c1-6-4-9-7(2-3-11)5-10(6)8(12)13/h6-7,9,11H,2-5H2,1H3,(H,12,13)/t6-,7-/m0/s1. The monoisotopic (exact) mass is 188 g/mol. The highest BCUT2D eigenvalue weighted by molar-refractivity contribution is 5.65. The van der Waals surface area contributed by atoms with Gasteiger partial charge in [0.2, 0.25) is 0 Å². The van der Waals surface area contributed by atoms with Crippen molar-refractivity contribution in [3.05, 3.63) is 0 Å². The third-order valence-corrected chi connectivity index (χ3v) is 2.37. The number of rotatable bonds is 2. The second kappa shape index (κ2) is 4.43. The SMILES string of the molecule is C[C@H]1CN[C@@H](CCO)CN1C(=O)O. The van der Waals surface area contributed by atoms with Crippen LogP contribution in [0.2, 0.25) is 0 Å². The Bertz CT molecular complexity index is 186. The van der Waals surface area contributed by atoms with Crippen molar-refractivity contribution in [1.29, 1.82) is 0 Å². The molecule has 1 aliphatic rings. The van der Waals surface area contributed by atoms with Crippen LogP contribution in [0.25, 0.3) is 0 Å². The summed E-state index contributed by atoms with van der Waals surface area (Å²) in [6.45, 7) is 3.10. The van der Waals surface area contributed by atoms with Gasteiger partial charge in [-0.1, -0.05) is 0 Å². The topological polar surface area (TPSA) is 72.8 Å². The number of piperazine rings is 1. The molecule has 5 nitrogen and oxygen atoms in total. The van der Waals surface area contributed by atoms with Crippen LogP contribution < -0.4 is 5.32 Å². The Kier molecular flexibility index (Phi) is 3.50. The molecule has 76 valence electrons. The molecule has 0 aliphatic carbocycles. The van der Waals surface area contributed by atoms with E-state index >= 15 is 0 Å². The molecule has 0 aromatic carbocycles. The molecular weight excluding hydrogens is 172 g/mol. The molecule has 2 atom stereocenters. The number of nitrogens with one attached hydrogen (secondary N) is 1. The van der Waals surface area contributed by atoms with Gasteiger partial charge in [-0.15, -0.1) is 0 Å². The minimum Gasteiger partial charge on any atom is -0.465 e. The maximum atomic E-state index is 10.8. The Labute approximate surface area is 77.3 Å². The third kappa shape index (κ3) is 2.57. The van der Waals surface area contributed by atoms with Crippen LogP contribution in [0.5, 0.6) is 0 Å². The van der Waals surface area contributed by atoms with Crippen molar-refractivity contribution in [1.82, 2.24) is 10.2 Å². The Morgan fingerprint density at radius 2 is 2.38 bits per heavy atom. The molecular formula is C8H16N2O3. The first-order valence-corrected chi connectivity index (χ1v) is 4.49. The number of aliphatic hydroxyl groups excluding tert-OH is 1. The molecule has 0 saturated carbocycles. The Balaban J connectivity index is 2.47. The largest absolute Gasteiger partial charge is 0.465 e. The number of hydrogen-bond donors (Lipinski definition) is 3. The first-order valence-electron chi connectivity index (χ1n) is 4.49. The van der Waals surface area contributed by atoms with Gasteiger partial charge in [-0.05, 0) is 13.3 Å². The number of nitrogens with zero attached hydrogens (tertiary/aromatic N) is 1. The Hall–Kier alpha value is -0.810. The van der Waals surface area contributed by atoms with E-state index in [9.17, 15) is 4.79 Å². The lowest BCUT2D eigenvalue weighted by atomic mass is 10.1. The molecule has 0 unspecified atom stereocenters. The number of carboxylic acid groups (broad SMARTS) is 1. The molecule has 1 saturated heterocycles. The van der Waals surface area contributed by atoms with Crippen LogP contribution in [0.4, 0.5) is 4.79 Å². The molecule has 1 heterocycles. The fraction of sp³-hybridized carbons (Fsp3) is 0.875. The van der Waals surface area contributed by atoms with Gasteiger partial charge in [0, 0.05) is 31.8 Å². The van der Waals surface area contributed by atoms with Gasteiger partial charge in [0.15, 0.2) is 0 Å². The molecule has 13 heavy (non-hydrogen) atoms. The van der Waals surface area contributed by atoms with Crippen molar-refractivity contribution in [3.63, 3.8) is 0 Å². The molecule has 5 heteroatoms. The molecule has 0 radical (unpaired) electrons. The van der Waals surface area contributed by atoms with Gasteiger partial charge in [0.1, 0.15) is 0 Å². The average Bonchev–Trinajstić information content (AvgIpc) is 2.08. The Morgan fingerprint density at radius 1 is 1.69 bits per heavy atom. The number of aliphatic hydroxyl groups is 1. The highest BCUT2D eigenvalue weighted by atomic mass is 16.4. The maximum Gasteiger partial charge on any atom is 0.407 e. The number of hydrogen-bond acceptors (Lipinski definition) is 3. The summed E-state index contributed by atoms with van der Waals surface area (Å²) in [5, 5.41) is 20.7. The summed E-state index contributed by atoms with van der Waals surface area (Å²) in [5.41, 5.74) is 0. The first kappa shape index (κ1) is 10.3. The van der Waals surface area contributed by atoms with Crippen molar-refractivity contribution in [2.45, 2.75) is 25.4 Å². The van der Waals surface area contributed by atoms with E-state index in [1.165, 1.54) is 4.90 Å². The first-order chi connectivity index (χ1) is 6.15. The number of amides is 1. The zero-order chi connectivity index (χ0) is 9.84. The molecule has 1 amide bonds. The van der Waals surface area contributed by atoms with E-state index in [0.29, 0.717) is 19.5 Å². The lowest BCUT2D eigenvalue weighted by Gasteiger charge is -2.36.